The van der Waals surface area contributed by atoms with Crippen LogP contribution in [0.1, 0.15) is 25.1 Å². The van der Waals surface area contributed by atoms with Crippen LogP contribution in [0, 0.1) is 13.8 Å². The molecule has 12 heteroatoms. The molecule has 0 aliphatic rings. The van der Waals surface area contributed by atoms with Gasteiger partial charge in [0, 0.05) is 25.7 Å². The Morgan fingerprint density at radius 3 is 2.45 bits per heavy atom. The molecule has 10 nitrogen and oxygen atoms in total. The van der Waals surface area contributed by atoms with E-state index in [0.717, 1.165) is 21.1 Å². The first kappa shape index (κ1) is 27.4. The molecule has 200 valence electrons. The summed E-state index contributed by atoms with van der Waals surface area (Å²) in [6.07, 6.45) is 1.35. The highest BCUT2D eigenvalue weighted by atomic mass is 35.5. The Labute approximate surface area is 227 Å². The van der Waals surface area contributed by atoms with E-state index < -0.39 is 10.0 Å². The minimum absolute atomic E-state index is 0.0770. The molecule has 0 saturated heterocycles. The minimum Gasteiger partial charge on any atom is -0.489 e. The average molecular weight is 557 g/mol. The number of aromatic nitrogens is 3. The maximum Gasteiger partial charge on any atom is 0.244 e. The van der Waals surface area contributed by atoms with Gasteiger partial charge in [-0.15, -0.1) is 0 Å². The lowest BCUT2D eigenvalue weighted by Gasteiger charge is -2.18. The zero-order valence-corrected chi connectivity index (χ0v) is 23.5. The Kier molecular flexibility index (Phi) is 7.91. The van der Waals surface area contributed by atoms with Gasteiger partial charge in [-0.3, -0.25) is 0 Å². The van der Waals surface area contributed by atoms with E-state index in [9.17, 15) is 8.42 Å². The van der Waals surface area contributed by atoms with Gasteiger partial charge in [0.2, 0.25) is 16.0 Å². The molecule has 4 aromatic rings. The fourth-order valence-electron chi connectivity index (χ4n) is 3.64. The van der Waals surface area contributed by atoms with E-state index >= 15 is 0 Å². The summed E-state index contributed by atoms with van der Waals surface area (Å²) in [7, 11) is -0.770. The van der Waals surface area contributed by atoms with Crippen LogP contribution in [0.15, 0.2) is 58.1 Å². The molecule has 0 atom stereocenters. The third-order valence-corrected chi connectivity index (χ3v) is 7.62. The Hall–Kier alpha value is -3.67. The lowest BCUT2D eigenvalue weighted by atomic mass is 10.0. The van der Waals surface area contributed by atoms with Crippen LogP contribution in [-0.2, 0) is 10.0 Å². The molecule has 4 rings (SSSR count). The first-order chi connectivity index (χ1) is 18.0. The summed E-state index contributed by atoms with van der Waals surface area (Å²) in [6, 6.07) is 12.2. The molecule has 0 amide bonds. The number of nitrogens with zero attached hydrogens (tertiary/aromatic N) is 4. The van der Waals surface area contributed by atoms with Gasteiger partial charge < -0.3 is 19.9 Å². The van der Waals surface area contributed by atoms with Crippen LogP contribution in [0.25, 0.3) is 11.3 Å². The monoisotopic (exact) mass is 556 g/mol. The number of rotatable bonds is 9. The number of hydrogen-bond acceptors (Lipinski definition) is 9. The Morgan fingerprint density at radius 2 is 1.79 bits per heavy atom. The number of sulfonamides is 1. The van der Waals surface area contributed by atoms with Crippen molar-refractivity contribution in [2.24, 2.45) is 0 Å². The van der Waals surface area contributed by atoms with E-state index in [1.807, 2.05) is 45.9 Å². The summed E-state index contributed by atoms with van der Waals surface area (Å²) < 4.78 is 38.3. The van der Waals surface area contributed by atoms with Crippen LogP contribution >= 0.6 is 11.6 Å². The van der Waals surface area contributed by atoms with E-state index in [2.05, 4.69) is 25.8 Å². The summed E-state index contributed by atoms with van der Waals surface area (Å²) in [5.41, 5.74) is 3.48. The second-order valence-electron chi connectivity index (χ2n) is 9.09. The highest BCUT2D eigenvalue weighted by molar-refractivity contribution is 7.89. The summed E-state index contributed by atoms with van der Waals surface area (Å²) in [6.45, 7) is 7.69. The Bertz CT molecular complexity index is 1570. The van der Waals surface area contributed by atoms with E-state index in [1.54, 1.807) is 18.2 Å². The highest BCUT2D eigenvalue weighted by Crippen LogP contribution is 2.37. The Morgan fingerprint density at radius 1 is 1.05 bits per heavy atom. The van der Waals surface area contributed by atoms with Gasteiger partial charge in [0.25, 0.3) is 0 Å². The highest BCUT2D eigenvalue weighted by Gasteiger charge is 2.22. The molecule has 0 saturated carbocycles. The van der Waals surface area contributed by atoms with Crippen LogP contribution < -0.4 is 15.4 Å². The number of nitrogens with one attached hydrogen (secondary N) is 2. The lowest BCUT2D eigenvalue weighted by molar-refractivity contribution is 0.243. The molecular weight excluding hydrogens is 528 g/mol. The van der Waals surface area contributed by atoms with Crippen molar-refractivity contribution in [3.8, 4) is 17.1 Å². The van der Waals surface area contributed by atoms with Gasteiger partial charge in [-0.2, -0.15) is 4.98 Å². The van der Waals surface area contributed by atoms with Crippen molar-refractivity contribution in [3.63, 3.8) is 0 Å². The zero-order valence-electron chi connectivity index (χ0n) is 21.9. The van der Waals surface area contributed by atoms with Gasteiger partial charge in [-0.05, 0) is 57.5 Å². The number of hydrogen-bond donors (Lipinski definition) is 2. The molecule has 0 aliphatic carbocycles. The number of aryl methyl sites for hydroxylation is 2. The van der Waals surface area contributed by atoms with Gasteiger partial charge in [-0.1, -0.05) is 28.9 Å². The van der Waals surface area contributed by atoms with Crippen LogP contribution in [0.5, 0.6) is 5.75 Å². The van der Waals surface area contributed by atoms with Gasteiger partial charge in [0.15, 0.2) is 11.6 Å². The first-order valence-electron chi connectivity index (χ1n) is 11.8. The first-order valence-corrected chi connectivity index (χ1v) is 13.6. The fourth-order valence-corrected chi connectivity index (χ4v) is 4.82. The molecule has 2 N–H and O–H groups in total. The van der Waals surface area contributed by atoms with Gasteiger partial charge in [0.05, 0.1) is 29.4 Å². The summed E-state index contributed by atoms with van der Waals surface area (Å²) in [5, 5.41) is 10.5. The summed E-state index contributed by atoms with van der Waals surface area (Å²) >= 11 is 6.39. The lowest BCUT2D eigenvalue weighted by Crippen LogP contribution is -2.23. The maximum atomic E-state index is 12.8. The van der Waals surface area contributed by atoms with Crippen molar-refractivity contribution in [1.82, 2.24) is 19.4 Å². The SMILES string of the molecule is Cc1cc(-c2cc(Nc3ncc(Cl)c(Nc4ccccc4S(=O)(=O)N(C)C)n3)c(OC(C)C)cc2C)on1. The molecule has 0 aliphatic heterocycles. The predicted molar refractivity (Wildman–Crippen MR) is 148 cm³/mol. The van der Waals surface area contributed by atoms with Gasteiger partial charge >= 0.3 is 0 Å². The second-order valence-corrected chi connectivity index (χ2v) is 11.6. The molecule has 2 aromatic carbocycles. The van der Waals surface area contributed by atoms with Crippen LogP contribution in [0.4, 0.5) is 23.1 Å². The predicted octanol–water partition coefficient (Wildman–Crippen LogP) is 5.93. The van der Waals surface area contributed by atoms with Gasteiger partial charge in [-0.25, -0.2) is 17.7 Å². The average Bonchev–Trinajstić information content (AvgIpc) is 3.28. The third kappa shape index (κ3) is 5.90. The maximum absolute atomic E-state index is 12.8. The molecule has 0 radical (unpaired) electrons. The Balaban J connectivity index is 1.72. The number of benzene rings is 2. The summed E-state index contributed by atoms with van der Waals surface area (Å²) in [4.78, 5) is 8.92. The van der Waals surface area contributed by atoms with E-state index in [0.29, 0.717) is 22.9 Å². The minimum atomic E-state index is -3.71. The van der Waals surface area contributed by atoms with Crippen molar-refractivity contribution >= 4 is 44.8 Å². The van der Waals surface area contributed by atoms with Crippen molar-refractivity contribution < 1.29 is 17.7 Å². The molecule has 0 bridgehead atoms. The third-order valence-electron chi connectivity index (χ3n) is 5.47. The number of ether oxygens (including phenoxy) is 1. The van der Waals surface area contributed by atoms with E-state index in [4.69, 9.17) is 20.9 Å². The molecular formula is C26H29ClN6O4S. The molecule has 0 spiro atoms. The summed E-state index contributed by atoms with van der Waals surface area (Å²) in [5.74, 6) is 1.68. The number of anilines is 4. The normalized spacial score (nSPS) is 11.7. The van der Waals surface area contributed by atoms with Crippen molar-refractivity contribution in [2.75, 3.05) is 24.7 Å². The largest absolute Gasteiger partial charge is 0.489 e. The number of halogens is 1. The van der Waals surface area contributed by atoms with Crippen molar-refractivity contribution in [1.29, 1.82) is 0 Å². The molecule has 2 aromatic heterocycles. The standard InChI is InChI=1S/C26H29ClN6O4S/c1-15(2)36-23-11-16(3)18(22-12-17(4)32-37-22)13-21(23)30-26-28-14-19(27)25(31-26)29-20-9-7-8-10-24(20)38(34,35)33(5)6/h7-15H,1-6H3,(H2,28,29,30,31). The van der Waals surface area contributed by atoms with E-state index in [1.165, 1.54) is 26.4 Å². The van der Waals surface area contributed by atoms with Crippen LogP contribution in [0.2, 0.25) is 5.02 Å². The van der Waals surface area contributed by atoms with Crippen LogP contribution in [0.3, 0.4) is 0 Å². The molecule has 0 unspecified atom stereocenters. The zero-order chi connectivity index (χ0) is 27.6. The molecule has 0 fully saturated rings. The van der Waals surface area contributed by atoms with E-state index in [-0.39, 0.29) is 27.8 Å². The van der Waals surface area contributed by atoms with Crippen molar-refractivity contribution in [2.45, 2.75) is 38.7 Å². The van der Waals surface area contributed by atoms with Gasteiger partial charge in [0.1, 0.15) is 15.7 Å². The molecule has 2 heterocycles. The molecule has 38 heavy (non-hydrogen) atoms. The fraction of sp³-hybridized carbons (Fsp3) is 0.269. The second kappa shape index (κ2) is 11.0. The van der Waals surface area contributed by atoms with Crippen LogP contribution in [-0.4, -0.2) is 48.0 Å². The quantitative estimate of drug-likeness (QED) is 0.258. The number of para-hydroxylation sites is 1. The smallest absolute Gasteiger partial charge is 0.244 e. The topological polar surface area (TPSA) is 122 Å². The van der Waals surface area contributed by atoms with Crippen molar-refractivity contribution in [3.05, 3.63) is 64.9 Å².